The van der Waals surface area contributed by atoms with E-state index in [1.807, 2.05) is 54.6 Å². The number of esters is 1. The first-order valence-corrected chi connectivity index (χ1v) is 9.50. The summed E-state index contributed by atoms with van der Waals surface area (Å²) in [5.41, 5.74) is 3.05. The summed E-state index contributed by atoms with van der Waals surface area (Å²) < 4.78 is 5.99. The number of anilines is 1. The first-order valence-electron chi connectivity index (χ1n) is 9.50. The number of fused-ring (bicyclic) bond motifs is 3. The molecule has 1 unspecified atom stereocenters. The van der Waals surface area contributed by atoms with Crippen LogP contribution in [0.25, 0.3) is 0 Å². The number of aryl methyl sites for hydroxylation is 1. The number of ether oxygens (including phenoxy) is 1. The van der Waals surface area contributed by atoms with E-state index in [1.54, 1.807) is 0 Å². The molecule has 4 nitrogen and oxygen atoms in total. The Morgan fingerprint density at radius 1 is 1.08 bits per heavy atom. The van der Waals surface area contributed by atoms with Crippen LogP contribution in [0.4, 0.5) is 5.69 Å². The van der Waals surface area contributed by atoms with Crippen molar-refractivity contribution in [1.29, 1.82) is 0 Å². The predicted octanol–water partition coefficient (Wildman–Crippen LogP) is 3.79. The fourth-order valence-electron chi connectivity index (χ4n) is 4.00. The number of hydrogen-bond donors (Lipinski definition) is 1. The number of nitrogens with zero attached hydrogens (tertiary/aromatic N) is 1. The average molecular weight is 350 g/mol. The zero-order valence-corrected chi connectivity index (χ0v) is 15.2. The molecule has 0 spiro atoms. The Morgan fingerprint density at radius 2 is 1.77 bits per heavy atom. The lowest BCUT2D eigenvalue weighted by atomic mass is 9.86. The highest BCUT2D eigenvalue weighted by Gasteiger charge is 2.37. The minimum atomic E-state index is -0.491. The van der Waals surface area contributed by atoms with Crippen molar-refractivity contribution in [3.63, 3.8) is 0 Å². The van der Waals surface area contributed by atoms with Crippen LogP contribution in [0, 0.1) is 12.8 Å². The van der Waals surface area contributed by atoms with E-state index in [4.69, 9.17) is 4.74 Å². The maximum absolute atomic E-state index is 13.1. The molecule has 2 bridgehead atoms. The van der Waals surface area contributed by atoms with Gasteiger partial charge in [-0.15, -0.1) is 0 Å². The molecule has 0 radical (unpaired) electrons. The highest BCUT2D eigenvalue weighted by molar-refractivity contribution is 5.81. The van der Waals surface area contributed by atoms with Gasteiger partial charge in [0.1, 0.15) is 6.10 Å². The number of rotatable bonds is 5. The van der Waals surface area contributed by atoms with Crippen LogP contribution in [-0.4, -0.2) is 36.6 Å². The zero-order valence-electron chi connectivity index (χ0n) is 15.2. The van der Waals surface area contributed by atoms with Crippen molar-refractivity contribution in [2.45, 2.75) is 31.9 Å². The van der Waals surface area contributed by atoms with E-state index < -0.39 is 6.04 Å². The van der Waals surface area contributed by atoms with Crippen LogP contribution >= 0.6 is 0 Å². The quantitative estimate of drug-likeness (QED) is 0.833. The zero-order chi connectivity index (χ0) is 17.9. The molecule has 2 atom stereocenters. The molecule has 26 heavy (non-hydrogen) atoms. The molecule has 0 saturated carbocycles. The van der Waals surface area contributed by atoms with Crippen LogP contribution in [0.1, 0.15) is 30.0 Å². The number of benzene rings is 2. The molecule has 5 rings (SSSR count). The molecule has 3 heterocycles. The summed E-state index contributed by atoms with van der Waals surface area (Å²) in [5, 5.41) is 3.37. The van der Waals surface area contributed by atoms with Gasteiger partial charge in [-0.2, -0.15) is 0 Å². The number of piperidine rings is 3. The smallest absolute Gasteiger partial charge is 0.333 e. The third kappa shape index (κ3) is 3.75. The summed E-state index contributed by atoms with van der Waals surface area (Å²) in [5.74, 6) is 0.329. The van der Waals surface area contributed by atoms with Gasteiger partial charge in [0.2, 0.25) is 0 Å². The van der Waals surface area contributed by atoms with E-state index in [9.17, 15) is 4.79 Å². The third-order valence-corrected chi connectivity index (χ3v) is 5.59. The van der Waals surface area contributed by atoms with Gasteiger partial charge >= 0.3 is 5.97 Å². The van der Waals surface area contributed by atoms with Crippen molar-refractivity contribution < 1.29 is 9.53 Å². The van der Waals surface area contributed by atoms with Gasteiger partial charge in [0.25, 0.3) is 0 Å². The molecule has 3 aliphatic heterocycles. The lowest BCUT2D eigenvalue weighted by Gasteiger charge is -2.44. The Labute approximate surface area is 155 Å². The van der Waals surface area contributed by atoms with Gasteiger partial charge in [0.05, 0.1) is 0 Å². The van der Waals surface area contributed by atoms with E-state index >= 15 is 0 Å². The predicted molar refractivity (Wildman–Crippen MR) is 103 cm³/mol. The van der Waals surface area contributed by atoms with Crippen molar-refractivity contribution in [2.24, 2.45) is 5.92 Å². The van der Waals surface area contributed by atoms with Gasteiger partial charge < -0.3 is 10.1 Å². The summed E-state index contributed by atoms with van der Waals surface area (Å²) in [7, 11) is 0. The highest BCUT2D eigenvalue weighted by Crippen LogP contribution is 2.31. The molecule has 136 valence electrons. The molecule has 4 heteroatoms. The lowest BCUT2D eigenvalue weighted by molar-refractivity contribution is -0.159. The Balaban J connectivity index is 1.52. The monoisotopic (exact) mass is 350 g/mol. The highest BCUT2D eigenvalue weighted by atomic mass is 16.5. The summed E-state index contributed by atoms with van der Waals surface area (Å²) in [4.78, 5) is 15.5. The molecule has 1 N–H and O–H groups in total. The largest absolute Gasteiger partial charge is 0.459 e. The van der Waals surface area contributed by atoms with Crippen LogP contribution in [-0.2, 0) is 9.53 Å². The Kier molecular flexibility index (Phi) is 4.93. The topological polar surface area (TPSA) is 41.6 Å². The third-order valence-electron chi connectivity index (χ3n) is 5.59. The minimum absolute atomic E-state index is 0.0241. The van der Waals surface area contributed by atoms with Gasteiger partial charge in [0.15, 0.2) is 6.04 Å². The maximum Gasteiger partial charge on any atom is 0.333 e. The van der Waals surface area contributed by atoms with Crippen LogP contribution in [0.2, 0.25) is 0 Å². The molecular weight excluding hydrogens is 324 g/mol. The normalized spacial score (nSPS) is 25.5. The van der Waals surface area contributed by atoms with Crippen molar-refractivity contribution in [3.05, 3.63) is 65.7 Å². The maximum atomic E-state index is 13.1. The Hall–Kier alpha value is -2.33. The molecule has 3 fully saturated rings. The first kappa shape index (κ1) is 17.1. The van der Waals surface area contributed by atoms with Gasteiger partial charge in [-0.3, -0.25) is 4.90 Å². The fourth-order valence-corrected chi connectivity index (χ4v) is 4.00. The molecule has 3 aliphatic rings. The molecule has 2 aromatic rings. The number of hydrogen-bond acceptors (Lipinski definition) is 4. The molecule has 0 aromatic heterocycles. The summed E-state index contributed by atoms with van der Waals surface area (Å²) >= 11 is 0. The summed E-state index contributed by atoms with van der Waals surface area (Å²) in [6.07, 6.45) is 2.30. The minimum Gasteiger partial charge on any atom is -0.459 e. The van der Waals surface area contributed by atoms with Crippen molar-refractivity contribution in [3.8, 4) is 0 Å². The molecule has 0 amide bonds. The van der Waals surface area contributed by atoms with E-state index in [0.717, 1.165) is 43.7 Å². The molecule has 0 aliphatic carbocycles. The van der Waals surface area contributed by atoms with E-state index in [-0.39, 0.29) is 12.1 Å². The van der Waals surface area contributed by atoms with E-state index in [2.05, 4.69) is 17.1 Å². The van der Waals surface area contributed by atoms with Crippen molar-refractivity contribution >= 4 is 11.7 Å². The molecular formula is C22H26N2O2. The number of nitrogens with one attached hydrogen (secondary N) is 1. The SMILES string of the molecule is Cc1ccc(N[C@@H](C(=O)OC2CN3CCC2CC3)c2ccccc2)cc1. The second kappa shape index (κ2) is 7.50. The summed E-state index contributed by atoms with van der Waals surface area (Å²) in [6.45, 7) is 5.22. The molecule has 3 saturated heterocycles. The second-order valence-electron chi connectivity index (χ2n) is 7.47. The van der Waals surface area contributed by atoms with Gasteiger partial charge in [-0.1, -0.05) is 48.0 Å². The fraction of sp³-hybridized carbons (Fsp3) is 0.409. The van der Waals surface area contributed by atoms with Crippen LogP contribution in [0.3, 0.4) is 0 Å². The van der Waals surface area contributed by atoms with Gasteiger partial charge in [-0.25, -0.2) is 4.79 Å². The summed E-state index contributed by atoms with van der Waals surface area (Å²) in [6, 6.07) is 17.4. The van der Waals surface area contributed by atoms with Crippen molar-refractivity contribution in [1.82, 2.24) is 4.90 Å². The average Bonchev–Trinajstić information content (AvgIpc) is 2.69. The van der Waals surface area contributed by atoms with Crippen molar-refractivity contribution in [2.75, 3.05) is 25.0 Å². The standard InChI is InChI=1S/C22H26N2O2/c1-16-7-9-19(10-8-16)23-21(18-5-3-2-4-6-18)22(25)26-20-15-24-13-11-17(20)12-14-24/h2-10,17,20-21,23H,11-15H2,1H3/t20?,21-/m1/s1. The number of carbonyl (C=O) groups excluding carboxylic acids is 1. The lowest BCUT2D eigenvalue weighted by Crippen LogP contribution is -2.52. The Bertz CT molecular complexity index is 736. The van der Waals surface area contributed by atoms with E-state index in [0.29, 0.717) is 5.92 Å². The first-order chi connectivity index (χ1) is 12.7. The van der Waals surface area contributed by atoms with Gasteiger partial charge in [0, 0.05) is 12.2 Å². The Morgan fingerprint density at radius 3 is 2.38 bits per heavy atom. The van der Waals surface area contributed by atoms with Crippen LogP contribution in [0.5, 0.6) is 0 Å². The number of carbonyl (C=O) groups is 1. The molecule has 2 aromatic carbocycles. The second-order valence-corrected chi connectivity index (χ2v) is 7.47. The van der Waals surface area contributed by atoms with Gasteiger partial charge in [-0.05, 0) is 56.5 Å². The van der Waals surface area contributed by atoms with Crippen LogP contribution in [0.15, 0.2) is 54.6 Å². The van der Waals surface area contributed by atoms with Crippen LogP contribution < -0.4 is 5.32 Å². The van der Waals surface area contributed by atoms with E-state index in [1.165, 1.54) is 5.56 Å².